The van der Waals surface area contributed by atoms with Crippen molar-refractivity contribution in [3.05, 3.63) is 26.3 Å². The van der Waals surface area contributed by atoms with Gasteiger partial charge in [0, 0.05) is 4.47 Å². The molecule has 1 saturated heterocycles. The largest absolute Gasteiger partial charge is 0.503 e. The SMILES string of the molecule is CCOc1cc(/C=C2/NC(=S)NC2=O)c(Br)c(Br)c1O. The molecule has 5 nitrogen and oxygen atoms in total. The maximum absolute atomic E-state index is 11.6. The first-order chi connectivity index (χ1) is 9.43. The van der Waals surface area contributed by atoms with Gasteiger partial charge in [-0.05, 0) is 68.7 Å². The first kappa shape index (κ1) is 15.3. The summed E-state index contributed by atoms with van der Waals surface area (Å²) in [6.45, 7) is 2.23. The number of thiocarbonyl (C=S) groups is 1. The van der Waals surface area contributed by atoms with Crippen molar-refractivity contribution < 1.29 is 14.6 Å². The van der Waals surface area contributed by atoms with Gasteiger partial charge >= 0.3 is 0 Å². The van der Waals surface area contributed by atoms with Crippen molar-refractivity contribution >= 4 is 61.2 Å². The van der Waals surface area contributed by atoms with E-state index in [-0.39, 0.29) is 16.8 Å². The Morgan fingerprint density at radius 3 is 2.65 bits per heavy atom. The van der Waals surface area contributed by atoms with Crippen LogP contribution in [0.5, 0.6) is 11.5 Å². The predicted octanol–water partition coefficient (Wildman–Crippen LogP) is 2.66. The molecule has 1 aliphatic heterocycles. The molecule has 0 radical (unpaired) electrons. The molecular formula is C12H10Br2N2O3S. The van der Waals surface area contributed by atoms with E-state index in [1.54, 1.807) is 12.1 Å². The number of benzene rings is 1. The second-order valence-corrected chi connectivity index (χ2v) is 5.83. The van der Waals surface area contributed by atoms with Crippen molar-refractivity contribution in [1.29, 1.82) is 0 Å². The maximum Gasteiger partial charge on any atom is 0.273 e. The molecule has 1 aliphatic rings. The second kappa shape index (κ2) is 6.11. The van der Waals surface area contributed by atoms with E-state index in [2.05, 4.69) is 42.5 Å². The number of hydrogen-bond donors (Lipinski definition) is 3. The molecule has 8 heteroatoms. The molecule has 1 fully saturated rings. The van der Waals surface area contributed by atoms with Crippen LogP contribution in [0.15, 0.2) is 20.7 Å². The Kier molecular flexibility index (Phi) is 4.66. The number of halogens is 2. The molecule has 0 bridgehead atoms. The summed E-state index contributed by atoms with van der Waals surface area (Å²) in [7, 11) is 0. The number of carbonyl (C=O) groups is 1. The minimum atomic E-state index is -0.302. The van der Waals surface area contributed by atoms with Crippen molar-refractivity contribution in [3.63, 3.8) is 0 Å². The Morgan fingerprint density at radius 1 is 1.40 bits per heavy atom. The van der Waals surface area contributed by atoms with Crippen LogP contribution in [0.2, 0.25) is 0 Å². The summed E-state index contributed by atoms with van der Waals surface area (Å²) >= 11 is 11.5. The third-order valence-corrected chi connectivity index (χ3v) is 4.86. The molecule has 3 N–H and O–H groups in total. The number of ether oxygens (including phenoxy) is 1. The van der Waals surface area contributed by atoms with Crippen molar-refractivity contribution in [2.75, 3.05) is 6.61 Å². The molecule has 0 saturated carbocycles. The Hall–Kier alpha value is -1.12. The van der Waals surface area contributed by atoms with Gasteiger partial charge in [0.05, 0.1) is 11.1 Å². The summed E-state index contributed by atoms with van der Waals surface area (Å²) in [5.74, 6) is 0.0275. The number of rotatable bonds is 3. The minimum absolute atomic E-state index is 0.000212. The normalized spacial score (nSPS) is 16.2. The zero-order valence-corrected chi connectivity index (χ0v) is 14.3. The third-order valence-electron chi connectivity index (χ3n) is 2.49. The molecular weight excluding hydrogens is 412 g/mol. The predicted molar refractivity (Wildman–Crippen MR) is 86.5 cm³/mol. The van der Waals surface area contributed by atoms with Crippen LogP contribution in [0.3, 0.4) is 0 Å². The lowest BCUT2D eigenvalue weighted by atomic mass is 10.1. The van der Waals surface area contributed by atoms with Crippen molar-refractivity contribution in [3.8, 4) is 11.5 Å². The number of phenolic OH excluding ortho intramolecular Hbond substituents is 1. The number of phenols is 1. The quantitative estimate of drug-likeness (QED) is 0.517. The van der Waals surface area contributed by atoms with Crippen molar-refractivity contribution in [2.45, 2.75) is 6.92 Å². The molecule has 1 amide bonds. The van der Waals surface area contributed by atoms with Crippen LogP contribution >= 0.6 is 44.1 Å². The van der Waals surface area contributed by atoms with Crippen molar-refractivity contribution in [1.82, 2.24) is 10.6 Å². The molecule has 0 aromatic heterocycles. The molecule has 106 valence electrons. The summed E-state index contributed by atoms with van der Waals surface area (Å²) in [5, 5.41) is 15.4. The number of nitrogens with one attached hydrogen (secondary N) is 2. The Bertz CT molecular complexity index is 632. The van der Waals surface area contributed by atoms with E-state index < -0.39 is 0 Å². The van der Waals surface area contributed by atoms with E-state index in [4.69, 9.17) is 17.0 Å². The van der Waals surface area contributed by atoms with Gasteiger partial charge < -0.3 is 15.2 Å². The van der Waals surface area contributed by atoms with Gasteiger partial charge in [-0.25, -0.2) is 0 Å². The van der Waals surface area contributed by atoms with E-state index in [1.807, 2.05) is 6.92 Å². The molecule has 20 heavy (non-hydrogen) atoms. The van der Waals surface area contributed by atoms with Gasteiger partial charge in [-0.3, -0.25) is 10.1 Å². The zero-order valence-electron chi connectivity index (χ0n) is 10.3. The lowest BCUT2D eigenvalue weighted by molar-refractivity contribution is -0.115. The van der Waals surface area contributed by atoms with Gasteiger partial charge in [0.25, 0.3) is 5.91 Å². The average Bonchev–Trinajstić information content (AvgIpc) is 2.71. The maximum atomic E-state index is 11.6. The van der Waals surface area contributed by atoms with E-state index in [1.165, 1.54) is 0 Å². The molecule has 2 rings (SSSR count). The van der Waals surface area contributed by atoms with Gasteiger partial charge in [0.2, 0.25) is 0 Å². The molecule has 0 spiro atoms. The lowest BCUT2D eigenvalue weighted by Crippen LogP contribution is -2.21. The number of amides is 1. The highest BCUT2D eigenvalue weighted by Crippen LogP contribution is 2.42. The van der Waals surface area contributed by atoms with Crippen molar-refractivity contribution in [2.24, 2.45) is 0 Å². The standard InChI is InChI=1S/C12H10Br2N2O3S/c1-2-19-7-4-5(8(13)9(14)10(7)17)3-6-11(18)16-12(20)15-6/h3-4,17H,2H2,1H3,(H2,15,16,18,20)/b6-3+. The Morgan fingerprint density at radius 2 is 2.10 bits per heavy atom. The molecule has 0 aliphatic carbocycles. The van der Waals surface area contributed by atoms with E-state index >= 15 is 0 Å². The van der Waals surface area contributed by atoms with Crippen LogP contribution in [-0.4, -0.2) is 22.7 Å². The highest BCUT2D eigenvalue weighted by molar-refractivity contribution is 9.13. The Labute approximate surface area is 137 Å². The molecule has 1 aromatic carbocycles. The fourth-order valence-corrected chi connectivity index (χ4v) is 2.66. The molecule has 1 heterocycles. The summed E-state index contributed by atoms with van der Waals surface area (Å²) < 4.78 is 6.41. The lowest BCUT2D eigenvalue weighted by Gasteiger charge is -2.11. The number of aromatic hydroxyl groups is 1. The minimum Gasteiger partial charge on any atom is -0.503 e. The zero-order chi connectivity index (χ0) is 14.9. The van der Waals surface area contributed by atoms with Gasteiger partial charge in [0.1, 0.15) is 5.70 Å². The number of hydrogen-bond acceptors (Lipinski definition) is 4. The highest BCUT2D eigenvalue weighted by atomic mass is 79.9. The molecule has 1 aromatic rings. The van der Waals surface area contributed by atoms with Gasteiger partial charge in [-0.15, -0.1) is 0 Å². The molecule has 0 unspecified atom stereocenters. The van der Waals surface area contributed by atoms with Crippen LogP contribution in [0.25, 0.3) is 6.08 Å². The smallest absolute Gasteiger partial charge is 0.273 e. The fraction of sp³-hybridized carbons (Fsp3) is 0.167. The van der Waals surface area contributed by atoms with Gasteiger partial charge in [-0.1, -0.05) is 0 Å². The van der Waals surface area contributed by atoms with Gasteiger partial charge in [-0.2, -0.15) is 0 Å². The Balaban J connectivity index is 2.49. The average molecular weight is 422 g/mol. The van der Waals surface area contributed by atoms with E-state index in [9.17, 15) is 9.90 Å². The van der Waals surface area contributed by atoms with Crippen LogP contribution in [0, 0.1) is 0 Å². The van der Waals surface area contributed by atoms with Crippen LogP contribution < -0.4 is 15.4 Å². The topological polar surface area (TPSA) is 70.6 Å². The van der Waals surface area contributed by atoms with Gasteiger partial charge in [0.15, 0.2) is 16.6 Å². The van der Waals surface area contributed by atoms with Crippen LogP contribution in [0.4, 0.5) is 0 Å². The first-order valence-electron chi connectivity index (χ1n) is 5.61. The summed E-state index contributed by atoms with van der Waals surface area (Å²) in [5.41, 5.74) is 0.996. The summed E-state index contributed by atoms with van der Waals surface area (Å²) in [6, 6.07) is 1.64. The van der Waals surface area contributed by atoms with E-state index in [0.717, 1.165) is 0 Å². The fourth-order valence-electron chi connectivity index (χ4n) is 1.62. The van der Waals surface area contributed by atoms with Crippen LogP contribution in [-0.2, 0) is 4.79 Å². The highest BCUT2D eigenvalue weighted by Gasteiger charge is 2.21. The monoisotopic (exact) mass is 420 g/mol. The second-order valence-electron chi connectivity index (χ2n) is 3.84. The summed E-state index contributed by atoms with van der Waals surface area (Å²) in [6.07, 6.45) is 1.62. The molecule has 0 atom stereocenters. The first-order valence-corrected chi connectivity index (χ1v) is 7.61. The summed E-state index contributed by atoms with van der Waals surface area (Å²) in [4.78, 5) is 11.6. The third kappa shape index (κ3) is 2.97. The van der Waals surface area contributed by atoms with Crippen LogP contribution in [0.1, 0.15) is 12.5 Å². The van der Waals surface area contributed by atoms with E-state index in [0.29, 0.717) is 32.6 Å². The number of carbonyl (C=O) groups excluding carboxylic acids is 1.